The Kier molecular flexibility index (Phi) is 16.6. The van der Waals surface area contributed by atoms with Crippen molar-refractivity contribution in [3.63, 3.8) is 0 Å². The zero-order chi connectivity index (χ0) is 34.9. The van der Waals surface area contributed by atoms with E-state index in [-0.39, 0.29) is 31.3 Å². The van der Waals surface area contributed by atoms with Gasteiger partial charge in [-0.1, -0.05) is 44.2 Å². The van der Waals surface area contributed by atoms with Crippen LogP contribution >= 0.6 is 12.2 Å². The topological polar surface area (TPSA) is 248 Å². The summed E-state index contributed by atoms with van der Waals surface area (Å²) >= 11 is 5.29. The number of aromatic amines is 1. The minimum atomic E-state index is -1.22. The molecule has 1 aromatic heterocycles. The Hall–Kier alpha value is -4.28. The lowest BCUT2D eigenvalue weighted by Gasteiger charge is -2.27. The fourth-order valence-electron chi connectivity index (χ4n) is 4.91. The maximum absolute atomic E-state index is 13.9. The molecule has 0 radical (unpaired) electrons. The molecule has 0 unspecified atom stereocenters. The smallest absolute Gasteiger partial charge is 0.326 e. The van der Waals surface area contributed by atoms with Gasteiger partial charge in [0.1, 0.15) is 18.1 Å². The Morgan fingerprint density at radius 3 is 2.06 bits per heavy atom. The second-order valence-electron chi connectivity index (χ2n) is 11.7. The highest BCUT2D eigenvalue weighted by molar-refractivity contribution is 7.71. The zero-order valence-corrected chi connectivity index (χ0v) is 28.1. The van der Waals surface area contributed by atoms with Crippen molar-refractivity contribution in [1.29, 1.82) is 0 Å². The highest BCUT2D eigenvalue weighted by Gasteiger charge is 2.31. The number of unbranched alkanes of at least 4 members (excludes halogenated alkanes) is 1. The van der Waals surface area contributed by atoms with Crippen LogP contribution in [0, 0.1) is 4.77 Å². The maximum Gasteiger partial charge on any atom is 0.326 e. The van der Waals surface area contributed by atoms with Crippen LogP contribution in [0.25, 0.3) is 0 Å². The Balaban J connectivity index is 2.31. The van der Waals surface area contributed by atoms with E-state index in [0.29, 0.717) is 49.2 Å². The molecule has 0 spiro atoms. The van der Waals surface area contributed by atoms with Crippen molar-refractivity contribution >= 4 is 41.9 Å². The Morgan fingerprint density at radius 1 is 0.894 bits per heavy atom. The largest absolute Gasteiger partial charge is 0.480 e. The first-order chi connectivity index (χ1) is 22.3. The van der Waals surface area contributed by atoms with Gasteiger partial charge in [-0.2, -0.15) is 0 Å². The molecule has 15 nitrogen and oxygen atoms in total. The van der Waals surface area contributed by atoms with Crippen molar-refractivity contribution in [2.24, 2.45) is 29.2 Å². The highest BCUT2D eigenvalue weighted by atomic mass is 32.1. The van der Waals surface area contributed by atoms with Crippen molar-refractivity contribution in [1.82, 2.24) is 30.8 Å². The van der Waals surface area contributed by atoms with Gasteiger partial charge in [0, 0.05) is 44.4 Å². The predicted molar refractivity (Wildman–Crippen MR) is 183 cm³/mol. The lowest BCUT2D eigenvalue weighted by Crippen LogP contribution is -2.58. The van der Waals surface area contributed by atoms with Gasteiger partial charge in [0.2, 0.25) is 17.7 Å². The van der Waals surface area contributed by atoms with Gasteiger partial charge in [-0.15, -0.1) is 0 Å². The Bertz CT molecular complexity index is 1390. The fourth-order valence-corrected chi connectivity index (χ4v) is 5.08. The van der Waals surface area contributed by atoms with Crippen LogP contribution in [-0.2, 0) is 39.1 Å². The molecule has 47 heavy (non-hydrogen) atoms. The van der Waals surface area contributed by atoms with Crippen molar-refractivity contribution in [3.05, 3.63) is 52.6 Å². The Labute approximate surface area is 280 Å². The third kappa shape index (κ3) is 13.9. The number of nitrogens with two attached hydrogens (primary N) is 3. The number of amides is 3. The number of carbonyl (C=O) groups is 4. The molecule has 0 saturated carbocycles. The summed E-state index contributed by atoms with van der Waals surface area (Å²) in [4.78, 5) is 59.9. The fraction of sp³-hybridized carbons (Fsp3) is 0.548. The number of aliphatic imine (C=N–C) groups is 1. The number of rotatable bonds is 21. The second kappa shape index (κ2) is 20.1. The quantitative estimate of drug-likeness (QED) is 0.0370. The van der Waals surface area contributed by atoms with Crippen LogP contribution in [0.2, 0.25) is 0 Å². The lowest BCUT2D eigenvalue weighted by molar-refractivity contribution is -0.142. The molecule has 1 heterocycles. The predicted octanol–water partition coefficient (Wildman–Crippen LogP) is -0.0439. The van der Waals surface area contributed by atoms with Gasteiger partial charge in [0.15, 0.2) is 10.7 Å². The second-order valence-corrected chi connectivity index (χ2v) is 12.1. The van der Waals surface area contributed by atoms with Crippen LogP contribution in [0.1, 0.15) is 57.2 Å². The average molecular weight is 675 g/mol. The van der Waals surface area contributed by atoms with E-state index >= 15 is 0 Å². The number of nitrogens with one attached hydrogen (secondary N) is 5. The molecule has 0 saturated heterocycles. The van der Waals surface area contributed by atoms with Crippen LogP contribution in [0.4, 0.5) is 0 Å². The molecule has 16 heteroatoms. The molecule has 260 valence electrons. The number of carbonyl (C=O) groups excluding carboxylic acids is 3. The molecular formula is C31H50N10O5S. The number of hydrogen-bond donors (Lipinski definition) is 9. The molecule has 0 fully saturated rings. The van der Waals surface area contributed by atoms with E-state index in [0.717, 1.165) is 5.56 Å². The summed E-state index contributed by atoms with van der Waals surface area (Å²) in [6.07, 6.45) is 3.99. The van der Waals surface area contributed by atoms with Crippen molar-refractivity contribution < 1.29 is 24.3 Å². The van der Waals surface area contributed by atoms with E-state index in [1.165, 1.54) is 0 Å². The van der Waals surface area contributed by atoms with Gasteiger partial charge in [0.25, 0.3) is 0 Å². The van der Waals surface area contributed by atoms with E-state index in [9.17, 15) is 24.3 Å². The number of carboxylic acids is 1. The minimum Gasteiger partial charge on any atom is -0.480 e. The number of aromatic nitrogens is 2. The number of benzene rings is 1. The summed E-state index contributed by atoms with van der Waals surface area (Å²) in [5.41, 5.74) is 17.9. The number of nitrogens with zero attached hydrogens (tertiary/aromatic N) is 2. The summed E-state index contributed by atoms with van der Waals surface area (Å²) in [6.45, 7) is 4.52. The van der Waals surface area contributed by atoms with Crippen molar-refractivity contribution in [2.45, 2.75) is 89.0 Å². The van der Waals surface area contributed by atoms with Crippen LogP contribution in [-0.4, -0.2) is 87.6 Å². The molecular weight excluding hydrogens is 624 g/mol. The molecule has 12 N–H and O–H groups in total. The maximum atomic E-state index is 13.9. The van der Waals surface area contributed by atoms with Crippen molar-refractivity contribution in [2.75, 3.05) is 13.1 Å². The molecule has 0 bridgehead atoms. The molecule has 3 amide bonds. The average Bonchev–Trinajstić information content (AvgIpc) is 3.33. The molecule has 2 rings (SSSR count). The number of aliphatic carboxylic acids is 1. The summed E-state index contributed by atoms with van der Waals surface area (Å²) < 4.78 is 2.12. The van der Waals surface area contributed by atoms with Crippen LogP contribution < -0.4 is 38.5 Å². The van der Waals surface area contributed by atoms with Gasteiger partial charge >= 0.3 is 5.97 Å². The van der Waals surface area contributed by atoms with Gasteiger partial charge < -0.3 is 53.1 Å². The number of H-pyrrole nitrogens is 1. The first-order valence-corrected chi connectivity index (χ1v) is 16.2. The van der Waals surface area contributed by atoms with E-state index < -0.39 is 47.9 Å². The molecule has 0 aliphatic rings. The van der Waals surface area contributed by atoms with Gasteiger partial charge in [-0.3, -0.25) is 19.4 Å². The summed E-state index contributed by atoms with van der Waals surface area (Å²) in [6, 6.07) is 4.82. The van der Waals surface area contributed by atoms with Gasteiger partial charge in [-0.05, 0) is 56.4 Å². The first-order valence-electron chi connectivity index (χ1n) is 15.7. The number of hydrogen-bond acceptors (Lipinski definition) is 8. The number of carboxylic acid groups (broad SMARTS) is 1. The normalized spacial score (nSPS) is 13.6. The van der Waals surface area contributed by atoms with Gasteiger partial charge in [-0.25, -0.2) is 4.79 Å². The summed E-state index contributed by atoms with van der Waals surface area (Å²) in [5, 5.41) is 21.3. The monoisotopic (exact) mass is 674 g/mol. The molecule has 0 aliphatic heterocycles. The zero-order valence-electron chi connectivity index (χ0n) is 27.3. The molecule has 1 aromatic carbocycles. The standard InChI is InChI=1S/C31H50N10O5S/c1-19(2)37-22(13-9-15-35-30(33)34)26(42)39-24(17-21-18-36-31(47)41(21)3)28(44)38-23(12-7-8-14-32)27(43)40-25(29(45)46)16-20-10-5-4-6-11-20/h4-6,10-11,18-19,22-25,37H,7-9,12-17,32H2,1-3H3,(H,36,47)(H,38,44)(H,39,42)(H,40,43)(H,45,46)(H4,33,34,35)/t22-,23+,24+,25+/m1/s1. The third-order valence-corrected chi connectivity index (χ3v) is 7.81. The van der Waals surface area contributed by atoms with E-state index in [2.05, 4.69) is 31.2 Å². The number of guanidine groups is 1. The third-order valence-electron chi connectivity index (χ3n) is 7.42. The van der Waals surface area contributed by atoms with E-state index in [1.54, 1.807) is 42.1 Å². The first kappa shape index (κ1) is 38.9. The minimum absolute atomic E-state index is 0.0416. The van der Waals surface area contributed by atoms with Crippen molar-refractivity contribution in [3.8, 4) is 0 Å². The lowest BCUT2D eigenvalue weighted by atomic mass is 10.0. The highest BCUT2D eigenvalue weighted by Crippen LogP contribution is 2.10. The SMILES string of the molecule is CC(C)N[C@H](CCCN=C(N)N)C(=O)N[C@@H](Cc1c[nH]c(=S)n1C)C(=O)N[C@@H](CCCCN)C(=O)N[C@@H](Cc1ccccc1)C(=O)O. The van der Waals surface area contributed by atoms with Gasteiger partial charge in [0.05, 0.1) is 6.04 Å². The Morgan fingerprint density at radius 2 is 1.49 bits per heavy atom. The van der Waals surface area contributed by atoms with E-state index in [4.69, 9.17) is 29.4 Å². The van der Waals surface area contributed by atoms with E-state index in [1.807, 2.05) is 19.9 Å². The molecule has 4 atom stereocenters. The summed E-state index contributed by atoms with van der Waals surface area (Å²) in [7, 11) is 1.74. The summed E-state index contributed by atoms with van der Waals surface area (Å²) in [5.74, 6) is -2.93. The molecule has 2 aromatic rings. The number of imidazole rings is 1. The van der Waals surface area contributed by atoms with Crippen LogP contribution in [0.5, 0.6) is 0 Å². The van der Waals surface area contributed by atoms with Crippen LogP contribution in [0.15, 0.2) is 41.5 Å². The van der Waals surface area contributed by atoms with Crippen LogP contribution in [0.3, 0.4) is 0 Å². The molecule has 0 aliphatic carbocycles.